The topological polar surface area (TPSA) is 26.0 Å². The molecule has 0 radical (unpaired) electrons. The fourth-order valence-corrected chi connectivity index (χ4v) is 3.11. The van der Waals surface area contributed by atoms with Gasteiger partial charge in [-0.1, -0.05) is 40.9 Å². The standard InChI is InChI=1S/C13H18BrN/c1-9(15)11-6-7-12(13(14)8-11)10-4-2-3-5-10/h6-10H,2-5,15H2,1H3. The van der Waals surface area contributed by atoms with Gasteiger partial charge in [0, 0.05) is 10.5 Å². The molecule has 0 aromatic heterocycles. The van der Waals surface area contributed by atoms with Gasteiger partial charge in [-0.25, -0.2) is 0 Å². The fraction of sp³-hybridized carbons (Fsp3) is 0.538. The number of benzene rings is 1. The van der Waals surface area contributed by atoms with Crippen molar-refractivity contribution in [3.8, 4) is 0 Å². The summed E-state index contributed by atoms with van der Waals surface area (Å²) in [6.45, 7) is 2.02. The van der Waals surface area contributed by atoms with E-state index in [1.165, 1.54) is 41.3 Å². The highest BCUT2D eigenvalue weighted by Gasteiger charge is 2.19. The largest absolute Gasteiger partial charge is 0.324 e. The molecule has 1 aliphatic rings. The van der Waals surface area contributed by atoms with E-state index in [0.717, 1.165) is 5.92 Å². The quantitative estimate of drug-likeness (QED) is 0.857. The molecule has 1 nitrogen and oxygen atoms in total. The predicted octanol–water partition coefficient (Wildman–Crippen LogP) is 4.13. The fourth-order valence-electron chi connectivity index (χ4n) is 2.39. The molecule has 0 aliphatic heterocycles. The first-order valence-corrected chi connectivity index (χ1v) is 6.52. The third kappa shape index (κ3) is 2.43. The summed E-state index contributed by atoms with van der Waals surface area (Å²) in [5.41, 5.74) is 8.55. The summed E-state index contributed by atoms with van der Waals surface area (Å²) in [6, 6.07) is 6.72. The van der Waals surface area contributed by atoms with E-state index in [1.807, 2.05) is 6.92 Å². The Kier molecular flexibility index (Phi) is 3.47. The Morgan fingerprint density at radius 2 is 2.00 bits per heavy atom. The van der Waals surface area contributed by atoms with Crippen molar-refractivity contribution < 1.29 is 0 Å². The van der Waals surface area contributed by atoms with E-state index in [1.54, 1.807) is 0 Å². The summed E-state index contributed by atoms with van der Waals surface area (Å²) >= 11 is 3.67. The lowest BCUT2D eigenvalue weighted by Gasteiger charge is -2.14. The molecule has 15 heavy (non-hydrogen) atoms. The van der Waals surface area contributed by atoms with Gasteiger partial charge < -0.3 is 5.73 Å². The number of halogens is 1. The van der Waals surface area contributed by atoms with E-state index in [0.29, 0.717) is 0 Å². The average Bonchev–Trinajstić information content (AvgIpc) is 2.70. The van der Waals surface area contributed by atoms with Crippen molar-refractivity contribution in [3.63, 3.8) is 0 Å². The number of hydrogen-bond acceptors (Lipinski definition) is 1. The molecule has 2 rings (SSSR count). The van der Waals surface area contributed by atoms with Gasteiger partial charge in [0.15, 0.2) is 0 Å². The zero-order valence-corrected chi connectivity index (χ0v) is 10.8. The van der Waals surface area contributed by atoms with Crippen molar-refractivity contribution in [2.75, 3.05) is 0 Å². The van der Waals surface area contributed by atoms with Crippen LogP contribution in [0.15, 0.2) is 22.7 Å². The van der Waals surface area contributed by atoms with Crippen LogP contribution in [0.4, 0.5) is 0 Å². The Morgan fingerprint density at radius 3 is 2.53 bits per heavy atom. The SMILES string of the molecule is CC(N)c1ccc(C2CCCC2)c(Br)c1. The molecule has 1 fully saturated rings. The molecule has 1 aromatic carbocycles. The van der Waals surface area contributed by atoms with Crippen LogP contribution >= 0.6 is 15.9 Å². The highest BCUT2D eigenvalue weighted by molar-refractivity contribution is 9.10. The molecule has 0 bridgehead atoms. The van der Waals surface area contributed by atoms with E-state index in [9.17, 15) is 0 Å². The molecule has 0 spiro atoms. The van der Waals surface area contributed by atoms with E-state index < -0.39 is 0 Å². The Bertz CT molecular complexity index is 340. The zero-order chi connectivity index (χ0) is 10.8. The Labute approximate surface area is 100 Å². The average molecular weight is 268 g/mol. The van der Waals surface area contributed by atoms with Crippen molar-refractivity contribution in [2.24, 2.45) is 5.73 Å². The lowest BCUT2D eigenvalue weighted by atomic mass is 9.95. The van der Waals surface area contributed by atoms with Gasteiger partial charge in [0.1, 0.15) is 0 Å². The molecule has 2 N–H and O–H groups in total. The zero-order valence-electron chi connectivity index (χ0n) is 9.17. The lowest BCUT2D eigenvalue weighted by Crippen LogP contribution is -2.05. The van der Waals surface area contributed by atoms with E-state index in [-0.39, 0.29) is 6.04 Å². The van der Waals surface area contributed by atoms with Crippen LogP contribution in [0, 0.1) is 0 Å². The molecule has 0 heterocycles. The van der Waals surface area contributed by atoms with E-state index in [2.05, 4.69) is 34.1 Å². The van der Waals surface area contributed by atoms with E-state index >= 15 is 0 Å². The summed E-state index contributed by atoms with van der Waals surface area (Å²) in [5.74, 6) is 0.765. The van der Waals surface area contributed by atoms with Gasteiger partial charge >= 0.3 is 0 Å². The van der Waals surface area contributed by atoms with Crippen molar-refractivity contribution in [2.45, 2.75) is 44.6 Å². The molecule has 1 unspecified atom stereocenters. The van der Waals surface area contributed by atoms with Crippen LogP contribution < -0.4 is 5.73 Å². The molecule has 2 heteroatoms. The Morgan fingerprint density at radius 1 is 1.33 bits per heavy atom. The molecular weight excluding hydrogens is 250 g/mol. The molecule has 1 atom stereocenters. The van der Waals surface area contributed by atoms with Crippen LogP contribution in [0.2, 0.25) is 0 Å². The normalized spacial score (nSPS) is 19.4. The molecule has 0 amide bonds. The molecular formula is C13H18BrN. The number of rotatable bonds is 2. The summed E-state index contributed by atoms with van der Waals surface area (Å²) in [6.07, 6.45) is 5.45. The van der Waals surface area contributed by atoms with Crippen molar-refractivity contribution in [1.82, 2.24) is 0 Å². The summed E-state index contributed by atoms with van der Waals surface area (Å²) in [5, 5.41) is 0. The number of nitrogens with two attached hydrogens (primary N) is 1. The second-order valence-electron chi connectivity index (χ2n) is 4.55. The van der Waals surface area contributed by atoms with Crippen molar-refractivity contribution in [3.05, 3.63) is 33.8 Å². The molecule has 0 saturated heterocycles. The Balaban J connectivity index is 2.25. The van der Waals surface area contributed by atoms with Gasteiger partial charge in [0.25, 0.3) is 0 Å². The first-order chi connectivity index (χ1) is 7.18. The van der Waals surface area contributed by atoms with Crippen molar-refractivity contribution in [1.29, 1.82) is 0 Å². The maximum absolute atomic E-state index is 5.87. The van der Waals surface area contributed by atoms with Gasteiger partial charge in [-0.3, -0.25) is 0 Å². The van der Waals surface area contributed by atoms with Gasteiger partial charge in [0.2, 0.25) is 0 Å². The second kappa shape index (κ2) is 4.67. The first kappa shape index (κ1) is 11.2. The van der Waals surface area contributed by atoms with Gasteiger partial charge in [-0.15, -0.1) is 0 Å². The highest BCUT2D eigenvalue weighted by Crippen LogP contribution is 2.38. The molecule has 82 valence electrons. The first-order valence-electron chi connectivity index (χ1n) is 5.73. The smallest absolute Gasteiger partial charge is 0.0266 e. The summed E-state index contributed by atoms with van der Waals surface area (Å²) in [7, 11) is 0. The minimum absolute atomic E-state index is 0.124. The maximum atomic E-state index is 5.87. The maximum Gasteiger partial charge on any atom is 0.0266 e. The van der Waals surface area contributed by atoms with Crippen LogP contribution in [0.5, 0.6) is 0 Å². The summed E-state index contributed by atoms with van der Waals surface area (Å²) < 4.78 is 1.24. The monoisotopic (exact) mass is 267 g/mol. The van der Waals surface area contributed by atoms with E-state index in [4.69, 9.17) is 5.73 Å². The highest BCUT2D eigenvalue weighted by atomic mass is 79.9. The minimum Gasteiger partial charge on any atom is -0.324 e. The van der Waals surface area contributed by atoms with Crippen LogP contribution in [0.3, 0.4) is 0 Å². The van der Waals surface area contributed by atoms with Crippen LogP contribution in [0.25, 0.3) is 0 Å². The molecule has 1 aromatic rings. The predicted molar refractivity (Wildman–Crippen MR) is 68.0 cm³/mol. The van der Waals surface area contributed by atoms with Crippen LogP contribution in [0.1, 0.15) is 55.7 Å². The van der Waals surface area contributed by atoms with Gasteiger partial charge in [0.05, 0.1) is 0 Å². The third-order valence-electron chi connectivity index (χ3n) is 3.35. The van der Waals surface area contributed by atoms with Gasteiger partial charge in [-0.05, 0) is 42.9 Å². The molecule has 1 saturated carbocycles. The second-order valence-corrected chi connectivity index (χ2v) is 5.41. The van der Waals surface area contributed by atoms with Crippen molar-refractivity contribution >= 4 is 15.9 Å². The van der Waals surface area contributed by atoms with Crippen LogP contribution in [-0.2, 0) is 0 Å². The third-order valence-corrected chi connectivity index (χ3v) is 4.03. The number of hydrogen-bond donors (Lipinski definition) is 1. The molecule has 1 aliphatic carbocycles. The lowest BCUT2D eigenvalue weighted by molar-refractivity contribution is 0.717. The minimum atomic E-state index is 0.124. The summed E-state index contributed by atoms with van der Waals surface area (Å²) in [4.78, 5) is 0. The van der Waals surface area contributed by atoms with Gasteiger partial charge in [-0.2, -0.15) is 0 Å². The Hall–Kier alpha value is -0.340. The van der Waals surface area contributed by atoms with Crippen LogP contribution in [-0.4, -0.2) is 0 Å².